The van der Waals surface area contributed by atoms with Crippen LogP contribution >= 0.6 is 0 Å². The maximum atomic E-state index is 13.3. The normalized spacial score (nSPS) is 16.9. The fourth-order valence-corrected chi connectivity index (χ4v) is 2.36. The highest BCUT2D eigenvalue weighted by molar-refractivity contribution is 5.67. The van der Waals surface area contributed by atoms with E-state index in [1.807, 2.05) is 4.90 Å². The van der Waals surface area contributed by atoms with Crippen molar-refractivity contribution in [3.63, 3.8) is 0 Å². The minimum atomic E-state index is -0.326. The van der Waals surface area contributed by atoms with E-state index in [4.69, 9.17) is 0 Å². The van der Waals surface area contributed by atoms with Gasteiger partial charge in [-0.05, 0) is 36.3 Å². The molecule has 98 valence electrons. The average Bonchev–Trinajstić information content (AvgIpc) is 2.40. The van der Waals surface area contributed by atoms with Gasteiger partial charge in [0.15, 0.2) is 0 Å². The molecule has 0 aliphatic carbocycles. The standard InChI is InChI=1S/C13H18FN3O/c1-2-5-16-6-8-17(9-7-16)13-10-11(14)3-4-12(13)15-18/h3-4,10H,2,5-9H2,1H3. The van der Waals surface area contributed by atoms with Gasteiger partial charge in [-0.3, -0.25) is 4.90 Å². The molecule has 1 aliphatic rings. The van der Waals surface area contributed by atoms with E-state index in [9.17, 15) is 9.30 Å². The van der Waals surface area contributed by atoms with Crippen LogP contribution in [0, 0.1) is 10.7 Å². The molecular weight excluding hydrogens is 233 g/mol. The first-order chi connectivity index (χ1) is 8.74. The van der Waals surface area contributed by atoms with Crippen LogP contribution < -0.4 is 4.90 Å². The molecule has 0 N–H and O–H groups in total. The lowest BCUT2D eigenvalue weighted by Gasteiger charge is -2.36. The van der Waals surface area contributed by atoms with Crippen molar-refractivity contribution in [1.29, 1.82) is 0 Å². The van der Waals surface area contributed by atoms with Crippen LogP contribution in [0.1, 0.15) is 13.3 Å². The van der Waals surface area contributed by atoms with Crippen molar-refractivity contribution in [1.82, 2.24) is 4.90 Å². The Morgan fingerprint density at radius 2 is 2.00 bits per heavy atom. The SMILES string of the molecule is CCCN1CCN(c2cc(F)ccc2N=O)CC1. The van der Waals surface area contributed by atoms with E-state index >= 15 is 0 Å². The van der Waals surface area contributed by atoms with E-state index in [-0.39, 0.29) is 5.82 Å². The highest BCUT2D eigenvalue weighted by Crippen LogP contribution is 2.30. The van der Waals surface area contributed by atoms with Crippen molar-refractivity contribution in [3.8, 4) is 0 Å². The Labute approximate surface area is 106 Å². The first kappa shape index (κ1) is 13.0. The summed E-state index contributed by atoms with van der Waals surface area (Å²) in [5.74, 6) is -0.326. The highest BCUT2D eigenvalue weighted by atomic mass is 19.1. The average molecular weight is 251 g/mol. The summed E-state index contributed by atoms with van der Waals surface area (Å²) in [4.78, 5) is 15.2. The summed E-state index contributed by atoms with van der Waals surface area (Å²) in [5, 5.41) is 2.97. The first-order valence-electron chi connectivity index (χ1n) is 6.35. The molecule has 0 spiro atoms. The third-order valence-electron chi connectivity index (χ3n) is 3.29. The Morgan fingerprint density at radius 1 is 1.28 bits per heavy atom. The van der Waals surface area contributed by atoms with Crippen LogP contribution in [0.2, 0.25) is 0 Å². The number of nitrogens with zero attached hydrogens (tertiary/aromatic N) is 3. The molecule has 0 bridgehead atoms. The first-order valence-corrected chi connectivity index (χ1v) is 6.35. The van der Waals surface area contributed by atoms with Crippen LogP contribution in [0.4, 0.5) is 15.8 Å². The number of piperazine rings is 1. The number of rotatable bonds is 4. The molecule has 5 heteroatoms. The highest BCUT2D eigenvalue weighted by Gasteiger charge is 2.19. The third-order valence-corrected chi connectivity index (χ3v) is 3.29. The minimum absolute atomic E-state index is 0.320. The zero-order valence-electron chi connectivity index (χ0n) is 10.6. The zero-order chi connectivity index (χ0) is 13.0. The van der Waals surface area contributed by atoms with Crippen molar-refractivity contribution < 1.29 is 4.39 Å². The Bertz CT molecular complexity index is 417. The Hall–Kier alpha value is -1.49. The Morgan fingerprint density at radius 3 is 2.61 bits per heavy atom. The second-order valence-electron chi connectivity index (χ2n) is 4.55. The van der Waals surface area contributed by atoms with Crippen molar-refractivity contribution in [2.24, 2.45) is 5.18 Å². The van der Waals surface area contributed by atoms with Crippen LogP contribution in [0.3, 0.4) is 0 Å². The number of hydrogen-bond donors (Lipinski definition) is 0. The van der Waals surface area contributed by atoms with Crippen LogP contribution in [-0.2, 0) is 0 Å². The van der Waals surface area contributed by atoms with Gasteiger partial charge >= 0.3 is 0 Å². The molecule has 1 aliphatic heterocycles. The van der Waals surface area contributed by atoms with E-state index in [0.717, 1.165) is 39.1 Å². The molecule has 4 nitrogen and oxygen atoms in total. The fraction of sp³-hybridized carbons (Fsp3) is 0.538. The number of benzene rings is 1. The Kier molecular flexibility index (Phi) is 4.25. The molecule has 1 aromatic carbocycles. The second kappa shape index (κ2) is 5.91. The second-order valence-corrected chi connectivity index (χ2v) is 4.55. The predicted octanol–water partition coefficient (Wildman–Crippen LogP) is 2.76. The number of halogens is 1. The topological polar surface area (TPSA) is 35.9 Å². The van der Waals surface area contributed by atoms with Gasteiger partial charge in [0.2, 0.25) is 0 Å². The predicted molar refractivity (Wildman–Crippen MR) is 70.8 cm³/mol. The molecule has 0 atom stereocenters. The molecule has 2 rings (SSSR count). The number of anilines is 1. The molecule has 1 saturated heterocycles. The Balaban J connectivity index is 2.09. The van der Waals surface area contributed by atoms with E-state index in [0.29, 0.717) is 11.4 Å². The minimum Gasteiger partial charge on any atom is -0.367 e. The van der Waals surface area contributed by atoms with Gasteiger partial charge in [-0.1, -0.05) is 6.92 Å². The van der Waals surface area contributed by atoms with Crippen molar-refractivity contribution >= 4 is 11.4 Å². The van der Waals surface area contributed by atoms with Crippen molar-refractivity contribution in [2.45, 2.75) is 13.3 Å². The summed E-state index contributed by atoms with van der Waals surface area (Å²) in [6.45, 7) is 6.77. The number of nitroso groups, excluding NO2 is 1. The summed E-state index contributed by atoms with van der Waals surface area (Å²) >= 11 is 0. The maximum absolute atomic E-state index is 13.3. The van der Waals surface area contributed by atoms with Gasteiger partial charge in [0, 0.05) is 26.2 Å². The summed E-state index contributed by atoms with van der Waals surface area (Å²) < 4.78 is 13.3. The van der Waals surface area contributed by atoms with E-state index in [1.54, 1.807) is 0 Å². The van der Waals surface area contributed by atoms with Crippen LogP contribution in [0.15, 0.2) is 23.4 Å². The van der Waals surface area contributed by atoms with Crippen LogP contribution in [0.5, 0.6) is 0 Å². The zero-order valence-corrected chi connectivity index (χ0v) is 10.6. The van der Waals surface area contributed by atoms with Gasteiger partial charge in [-0.2, -0.15) is 0 Å². The van der Waals surface area contributed by atoms with E-state index in [1.165, 1.54) is 18.2 Å². The van der Waals surface area contributed by atoms with E-state index in [2.05, 4.69) is 17.0 Å². The smallest absolute Gasteiger partial charge is 0.131 e. The maximum Gasteiger partial charge on any atom is 0.131 e. The summed E-state index contributed by atoms with van der Waals surface area (Å²) in [6.07, 6.45) is 1.14. The van der Waals surface area contributed by atoms with E-state index < -0.39 is 0 Å². The molecule has 0 unspecified atom stereocenters. The molecule has 0 radical (unpaired) electrons. The van der Waals surface area contributed by atoms with Crippen LogP contribution in [0.25, 0.3) is 0 Å². The fourth-order valence-electron chi connectivity index (χ4n) is 2.36. The van der Waals surface area contributed by atoms with Gasteiger partial charge in [-0.15, -0.1) is 4.91 Å². The molecule has 0 amide bonds. The lowest BCUT2D eigenvalue weighted by molar-refractivity contribution is 0.258. The van der Waals surface area contributed by atoms with Gasteiger partial charge in [0.05, 0.1) is 5.69 Å². The lowest BCUT2D eigenvalue weighted by atomic mass is 10.2. The summed E-state index contributed by atoms with van der Waals surface area (Å²) in [7, 11) is 0. The molecule has 1 aromatic rings. The van der Waals surface area contributed by atoms with Gasteiger partial charge in [0.25, 0.3) is 0 Å². The monoisotopic (exact) mass is 251 g/mol. The van der Waals surface area contributed by atoms with Crippen molar-refractivity contribution in [2.75, 3.05) is 37.6 Å². The molecular formula is C13H18FN3O. The number of hydrogen-bond acceptors (Lipinski definition) is 4. The van der Waals surface area contributed by atoms with Gasteiger partial charge in [-0.25, -0.2) is 4.39 Å². The summed E-state index contributed by atoms with van der Waals surface area (Å²) in [5.41, 5.74) is 0.932. The quantitative estimate of drug-likeness (QED) is 0.772. The van der Waals surface area contributed by atoms with Crippen molar-refractivity contribution in [3.05, 3.63) is 28.9 Å². The lowest BCUT2D eigenvalue weighted by Crippen LogP contribution is -2.46. The summed E-state index contributed by atoms with van der Waals surface area (Å²) in [6, 6.07) is 4.11. The molecule has 0 aromatic heterocycles. The molecule has 0 saturated carbocycles. The molecule has 1 heterocycles. The molecule has 1 fully saturated rings. The molecule has 18 heavy (non-hydrogen) atoms. The van der Waals surface area contributed by atoms with Gasteiger partial charge < -0.3 is 4.90 Å². The van der Waals surface area contributed by atoms with Gasteiger partial charge in [0.1, 0.15) is 11.5 Å². The largest absolute Gasteiger partial charge is 0.367 e. The third kappa shape index (κ3) is 2.85. The van der Waals surface area contributed by atoms with Crippen LogP contribution in [-0.4, -0.2) is 37.6 Å².